The minimum Gasteiger partial charge on any atom is -0.297 e. The van der Waals surface area contributed by atoms with Crippen LogP contribution in [-0.2, 0) is 0 Å². The van der Waals surface area contributed by atoms with Gasteiger partial charge in [0.05, 0.1) is 5.54 Å². The number of carbonyl (C=O) groups excluding carboxylic acids is 1. The van der Waals surface area contributed by atoms with Crippen molar-refractivity contribution >= 4 is 37.3 Å². The average Bonchev–Trinajstić information content (AvgIpc) is 2.54. The van der Waals surface area contributed by atoms with Crippen LogP contribution in [0.1, 0.15) is 24.2 Å². The third kappa shape index (κ3) is 2.58. The summed E-state index contributed by atoms with van der Waals surface area (Å²) in [5.74, 6) is 0.0157. The predicted molar refractivity (Wildman–Crippen MR) is 97.7 cm³/mol. The summed E-state index contributed by atoms with van der Waals surface area (Å²) >= 11 is 1.58. The summed E-state index contributed by atoms with van der Waals surface area (Å²) in [6.07, 6.45) is 0. The van der Waals surface area contributed by atoms with Crippen molar-refractivity contribution in [3.8, 4) is 0 Å². The number of hydrogen-bond acceptors (Lipinski definition) is 4. The number of ketones is 1. The maximum Gasteiger partial charge on any atom is 0.195 e. The number of fused-ring (bicyclic) bond motifs is 2. The Kier molecular flexibility index (Phi) is 3.82. The Morgan fingerprint density at radius 1 is 1.00 bits per heavy atom. The van der Waals surface area contributed by atoms with Gasteiger partial charge in [0, 0.05) is 25.7 Å². The topological polar surface area (TPSA) is 37.4 Å². The second-order valence-electron chi connectivity index (χ2n) is 6.42. The smallest absolute Gasteiger partial charge is 0.195 e. The van der Waals surface area contributed by atoms with Gasteiger partial charge in [-0.3, -0.25) is 14.5 Å². The average molecular weight is 325 g/mol. The number of carbonyl (C=O) groups is 1. The molecule has 3 rings (SSSR count). The third-order valence-electron chi connectivity index (χ3n) is 4.51. The summed E-state index contributed by atoms with van der Waals surface area (Å²) in [5, 5.41) is 1.33. The molecule has 0 unspecified atom stereocenters. The van der Waals surface area contributed by atoms with Crippen LogP contribution in [0.2, 0.25) is 0 Å². The minimum absolute atomic E-state index is 0.00772. The summed E-state index contributed by atoms with van der Waals surface area (Å²) in [6, 6.07) is 13.0. The molecule has 0 aliphatic rings. The fourth-order valence-corrected chi connectivity index (χ4v) is 3.55. The van der Waals surface area contributed by atoms with E-state index in [1.54, 1.807) is 17.4 Å². The molecule has 0 fully saturated rings. The van der Waals surface area contributed by atoms with Gasteiger partial charge in [-0.2, -0.15) is 0 Å². The molecule has 0 atom stereocenters. The summed E-state index contributed by atoms with van der Waals surface area (Å²) in [7, 11) is 3.76. The van der Waals surface area contributed by atoms with E-state index in [0.717, 1.165) is 9.40 Å². The van der Waals surface area contributed by atoms with Gasteiger partial charge in [0.25, 0.3) is 0 Å². The molecule has 0 bridgehead atoms. The summed E-state index contributed by atoms with van der Waals surface area (Å²) < 4.78 is 1.88. The molecule has 118 valence electrons. The Balaban J connectivity index is 2.23. The molecule has 0 aliphatic carbocycles. The number of benzene rings is 2. The van der Waals surface area contributed by atoms with Gasteiger partial charge in [0.1, 0.15) is 0 Å². The van der Waals surface area contributed by atoms with Crippen LogP contribution in [0.3, 0.4) is 0 Å². The Bertz CT molecular complexity index is 970. The SMILES string of the molecule is CN(C)C(C)(C)C(=O)c1ccc2sc3ccccc3c(=O)c2c1. The van der Waals surface area contributed by atoms with Gasteiger partial charge in [0.2, 0.25) is 0 Å². The fraction of sp³-hybridized carbons (Fsp3) is 0.263. The van der Waals surface area contributed by atoms with Crippen molar-refractivity contribution in [2.24, 2.45) is 0 Å². The summed E-state index contributed by atoms with van der Waals surface area (Å²) in [4.78, 5) is 27.4. The van der Waals surface area contributed by atoms with E-state index in [9.17, 15) is 9.59 Å². The minimum atomic E-state index is -0.614. The number of rotatable bonds is 3. The molecule has 0 radical (unpaired) electrons. The van der Waals surface area contributed by atoms with Crippen LogP contribution >= 0.6 is 11.3 Å². The lowest BCUT2D eigenvalue weighted by Gasteiger charge is -2.30. The van der Waals surface area contributed by atoms with Crippen molar-refractivity contribution in [1.29, 1.82) is 0 Å². The van der Waals surface area contributed by atoms with Gasteiger partial charge in [-0.25, -0.2) is 0 Å². The number of likely N-dealkylation sites (N-methyl/N-ethyl adjacent to an activating group) is 1. The molecule has 3 nitrogen and oxygen atoms in total. The van der Waals surface area contributed by atoms with Crippen molar-refractivity contribution in [1.82, 2.24) is 4.90 Å². The van der Waals surface area contributed by atoms with Crippen LogP contribution in [0.5, 0.6) is 0 Å². The second-order valence-corrected chi connectivity index (χ2v) is 7.50. The zero-order valence-corrected chi connectivity index (χ0v) is 14.5. The van der Waals surface area contributed by atoms with E-state index in [4.69, 9.17) is 0 Å². The number of Topliss-reactive ketones (excluding diaryl/α,β-unsaturated/α-hetero) is 1. The maximum absolute atomic E-state index is 12.8. The molecule has 0 saturated carbocycles. The first-order valence-electron chi connectivity index (χ1n) is 7.50. The van der Waals surface area contributed by atoms with Crippen LogP contribution in [0.4, 0.5) is 0 Å². The number of nitrogens with zero attached hydrogens (tertiary/aromatic N) is 1. The standard InChI is InChI=1S/C19H19NO2S/c1-19(2,20(3)4)18(22)12-9-10-16-14(11-12)17(21)13-7-5-6-8-15(13)23-16/h5-11H,1-4H3. The fourth-order valence-electron chi connectivity index (χ4n) is 2.50. The first-order chi connectivity index (χ1) is 10.8. The molecule has 4 heteroatoms. The van der Waals surface area contributed by atoms with Gasteiger partial charge < -0.3 is 0 Å². The Morgan fingerprint density at radius 2 is 1.65 bits per heavy atom. The van der Waals surface area contributed by atoms with Crippen molar-refractivity contribution < 1.29 is 4.79 Å². The van der Waals surface area contributed by atoms with Crippen LogP contribution in [0.25, 0.3) is 20.2 Å². The molecule has 0 spiro atoms. The monoisotopic (exact) mass is 325 g/mol. The van der Waals surface area contributed by atoms with Gasteiger partial charge in [-0.15, -0.1) is 11.3 Å². The maximum atomic E-state index is 12.8. The van der Waals surface area contributed by atoms with Crippen molar-refractivity contribution in [3.63, 3.8) is 0 Å². The molecule has 0 amide bonds. The summed E-state index contributed by atoms with van der Waals surface area (Å²) in [5.41, 5.74) is -0.0424. The Morgan fingerprint density at radius 3 is 2.35 bits per heavy atom. The van der Waals surface area contributed by atoms with Crippen LogP contribution in [-0.4, -0.2) is 30.3 Å². The van der Waals surface area contributed by atoms with E-state index in [2.05, 4.69) is 0 Å². The first-order valence-corrected chi connectivity index (χ1v) is 8.32. The highest BCUT2D eigenvalue weighted by Gasteiger charge is 2.31. The van der Waals surface area contributed by atoms with E-state index in [0.29, 0.717) is 16.3 Å². The molecule has 1 aromatic heterocycles. The first kappa shape index (κ1) is 15.8. The lowest BCUT2D eigenvalue weighted by Crippen LogP contribution is -2.45. The molecule has 0 aliphatic heterocycles. The zero-order chi connectivity index (χ0) is 16.8. The van der Waals surface area contributed by atoms with Gasteiger partial charge in [-0.05, 0) is 58.3 Å². The molecular weight excluding hydrogens is 306 g/mol. The van der Waals surface area contributed by atoms with E-state index in [-0.39, 0.29) is 11.2 Å². The Labute approximate surface area is 139 Å². The normalized spacial score (nSPS) is 12.2. The largest absolute Gasteiger partial charge is 0.297 e. The molecular formula is C19H19NO2S. The molecule has 1 heterocycles. The highest BCUT2D eigenvalue weighted by molar-refractivity contribution is 7.24. The van der Waals surface area contributed by atoms with E-state index >= 15 is 0 Å². The lowest BCUT2D eigenvalue weighted by molar-refractivity contribution is 0.0755. The molecule has 2 aromatic carbocycles. The molecule has 0 N–H and O–H groups in total. The van der Waals surface area contributed by atoms with E-state index < -0.39 is 5.54 Å². The van der Waals surface area contributed by atoms with Gasteiger partial charge >= 0.3 is 0 Å². The van der Waals surface area contributed by atoms with Crippen LogP contribution in [0.15, 0.2) is 47.3 Å². The second kappa shape index (κ2) is 5.55. The van der Waals surface area contributed by atoms with Crippen molar-refractivity contribution in [2.75, 3.05) is 14.1 Å². The van der Waals surface area contributed by atoms with E-state index in [1.807, 2.05) is 69.2 Å². The third-order valence-corrected chi connectivity index (χ3v) is 5.66. The van der Waals surface area contributed by atoms with Gasteiger partial charge in [-0.1, -0.05) is 12.1 Å². The summed E-state index contributed by atoms with van der Waals surface area (Å²) in [6.45, 7) is 3.78. The van der Waals surface area contributed by atoms with Gasteiger partial charge in [0.15, 0.2) is 11.2 Å². The predicted octanol–water partition coefficient (Wildman–Crippen LogP) is 3.94. The van der Waals surface area contributed by atoms with Crippen LogP contribution in [0, 0.1) is 0 Å². The lowest BCUT2D eigenvalue weighted by atomic mass is 9.91. The molecule has 3 aromatic rings. The number of hydrogen-bond donors (Lipinski definition) is 0. The Hall–Kier alpha value is -2.04. The van der Waals surface area contributed by atoms with E-state index in [1.165, 1.54) is 0 Å². The zero-order valence-electron chi connectivity index (χ0n) is 13.7. The van der Waals surface area contributed by atoms with Crippen molar-refractivity contribution in [3.05, 3.63) is 58.3 Å². The quantitative estimate of drug-likeness (QED) is 0.541. The highest BCUT2D eigenvalue weighted by atomic mass is 32.1. The molecule has 0 saturated heterocycles. The van der Waals surface area contributed by atoms with Crippen LogP contribution < -0.4 is 5.43 Å². The highest BCUT2D eigenvalue weighted by Crippen LogP contribution is 2.27. The van der Waals surface area contributed by atoms with Crippen molar-refractivity contribution in [2.45, 2.75) is 19.4 Å². The molecule has 23 heavy (non-hydrogen) atoms.